The Kier molecular flexibility index (Phi) is 6.26. The van der Waals surface area contributed by atoms with E-state index < -0.39 is 32.4 Å². The molecule has 0 radical (unpaired) electrons. The van der Waals surface area contributed by atoms with Crippen molar-refractivity contribution in [1.29, 1.82) is 0 Å². The molecule has 0 spiro atoms. The van der Waals surface area contributed by atoms with E-state index in [0.29, 0.717) is 48.8 Å². The van der Waals surface area contributed by atoms with Crippen molar-refractivity contribution in [3.8, 4) is 11.5 Å². The lowest BCUT2D eigenvalue weighted by molar-refractivity contribution is -0.0923. The first-order chi connectivity index (χ1) is 16.4. The Morgan fingerprint density at radius 3 is 2.53 bits per heavy atom. The van der Waals surface area contributed by atoms with Crippen LogP contribution in [0.1, 0.15) is 5.56 Å². The fourth-order valence-electron chi connectivity index (χ4n) is 4.01. The van der Waals surface area contributed by atoms with Gasteiger partial charge in [-0.05, 0) is 24.3 Å². The maximum Gasteiger partial charge on any atom is 0.252 e. The number of ether oxygens (including phenoxy) is 4. The van der Waals surface area contributed by atoms with Crippen molar-refractivity contribution in [2.45, 2.75) is 17.5 Å². The van der Waals surface area contributed by atoms with Gasteiger partial charge in [-0.1, -0.05) is 12.1 Å². The number of halogens is 1. The average Bonchev–Trinajstić information content (AvgIpc) is 2.83. The van der Waals surface area contributed by atoms with Gasteiger partial charge in [-0.15, -0.1) is 0 Å². The molecule has 180 valence electrons. The minimum absolute atomic E-state index is 0.102. The molecule has 3 aromatic rings. The number of aromatic nitrogens is 1. The zero-order chi connectivity index (χ0) is 23.7. The highest BCUT2D eigenvalue weighted by atomic mass is 32.2. The van der Waals surface area contributed by atoms with Gasteiger partial charge in [0.2, 0.25) is 10.0 Å². The number of pyridine rings is 1. The van der Waals surface area contributed by atoms with Gasteiger partial charge in [0, 0.05) is 30.1 Å². The van der Waals surface area contributed by atoms with Gasteiger partial charge in [0.15, 0.2) is 11.5 Å². The van der Waals surface area contributed by atoms with E-state index in [0.717, 1.165) is 10.4 Å². The van der Waals surface area contributed by atoms with Crippen molar-refractivity contribution in [3.63, 3.8) is 0 Å². The Morgan fingerprint density at radius 1 is 1.03 bits per heavy atom. The van der Waals surface area contributed by atoms with Crippen LogP contribution in [0.2, 0.25) is 0 Å². The van der Waals surface area contributed by atoms with Crippen molar-refractivity contribution in [2.24, 2.45) is 0 Å². The third-order valence-corrected chi connectivity index (χ3v) is 7.52. The van der Waals surface area contributed by atoms with E-state index in [4.69, 9.17) is 18.9 Å². The quantitative estimate of drug-likeness (QED) is 0.564. The normalized spacial score (nSPS) is 18.4. The summed E-state index contributed by atoms with van der Waals surface area (Å²) < 4.78 is 64.6. The lowest BCUT2D eigenvalue weighted by Crippen LogP contribution is -2.43. The van der Waals surface area contributed by atoms with E-state index in [1.165, 1.54) is 18.2 Å². The molecule has 34 heavy (non-hydrogen) atoms. The van der Waals surface area contributed by atoms with Gasteiger partial charge in [-0.25, -0.2) is 12.8 Å². The van der Waals surface area contributed by atoms with Crippen LogP contribution in [-0.4, -0.2) is 63.4 Å². The van der Waals surface area contributed by atoms with Crippen LogP contribution in [0.3, 0.4) is 0 Å². The molecule has 5 rings (SSSR count). The van der Waals surface area contributed by atoms with Crippen LogP contribution in [0.4, 0.5) is 4.39 Å². The number of aromatic amines is 1. The molecule has 2 aromatic carbocycles. The molecule has 0 amide bonds. The van der Waals surface area contributed by atoms with Crippen molar-refractivity contribution in [1.82, 2.24) is 9.29 Å². The molecule has 3 heterocycles. The molecule has 2 aliphatic heterocycles. The summed E-state index contributed by atoms with van der Waals surface area (Å²) in [5.41, 5.74) is 0.269. The summed E-state index contributed by atoms with van der Waals surface area (Å²) in [4.78, 5) is 15.2. The second-order valence-electron chi connectivity index (χ2n) is 8.00. The van der Waals surface area contributed by atoms with E-state index in [-0.39, 0.29) is 25.3 Å². The first-order valence-corrected chi connectivity index (χ1v) is 12.3. The number of nitrogens with one attached hydrogen (secondary N) is 1. The smallest absolute Gasteiger partial charge is 0.252 e. The minimum atomic E-state index is -4.29. The highest BCUT2D eigenvalue weighted by Crippen LogP contribution is 2.34. The van der Waals surface area contributed by atoms with Gasteiger partial charge in [0.05, 0.1) is 31.4 Å². The van der Waals surface area contributed by atoms with Gasteiger partial charge < -0.3 is 23.9 Å². The average molecular weight is 491 g/mol. The number of H-pyrrole nitrogens is 1. The van der Waals surface area contributed by atoms with Gasteiger partial charge in [-0.3, -0.25) is 4.79 Å². The maximum atomic E-state index is 14.5. The van der Waals surface area contributed by atoms with Crippen LogP contribution >= 0.6 is 0 Å². The first-order valence-electron chi connectivity index (χ1n) is 10.8. The second-order valence-corrected chi connectivity index (χ2v) is 9.91. The molecular formula is C23H23FN2O7S. The Morgan fingerprint density at radius 2 is 1.79 bits per heavy atom. The molecule has 1 aromatic heterocycles. The zero-order valence-electron chi connectivity index (χ0n) is 18.2. The fraction of sp³-hybridized carbons (Fsp3) is 0.348. The first kappa shape index (κ1) is 22.8. The summed E-state index contributed by atoms with van der Waals surface area (Å²) in [6, 6.07) is 10.2. The topological polar surface area (TPSA) is 107 Å². The number of benzene rings is 2. The van der Waals surface area contributed by atoms with Crippen LogP contribution in [-0.2, 0) is 26.0 Å². The third-order valence-electron chi connectivity index (χ3n) is 5.68. The lowest BCUT2D eigenvalue weighted by atomic mass is 10.1. The van der Waals surface area contributed by atoms with Crippen molar-refractivity contribution < 1.29 is 31.8 Å². The third kappa shape index (κ3) is 4.51. The highest BCUT2D eigenvalue weighted by molar-refractivity contribution is 7.89. The highest BCUT2D eigenvalue weighted by Gasteiger charge is 2.31. The zero-order valence-corrected chi connectivity index (χ0v) is 19.0. The van der Waals surface area contributed by atoms with Crippen LogP contribution in [0.5, 0.6) is 11.5 Å². The molecule has 1 atom stereocenters. The van der Waals surface area contributed by atoms with Crippen LogP contribution < -0.4 is 15.0 Å². The summed E-state index contributed by atoms with van der Waals surface area (Å²) >= 11 is 0. The predicted molar refractivity (Wildman–Crippen MR) is 120 cm³/mol. The molecule has 1 N–H and O–H groups in total. The van der Waals surface area contributed by atoms with Crippen molar-refractivity contribution in [2.75, 3.05) is 39.6 Å². The molecule has 2 aliphatic rings. The Labute approximate surface area is 195 Å². The van der Waals surface area contributed by atoms with Crippen molar-refractivity contribution in [3.05, 3.63) is 64.2 Å². The summed E-state index contributed by atoms with van der Waals surface area (Å²) in [6.45, 7) is 1.37. The maximum absolute atomic E-state index is 14.5. The van der Waals surface area contributed by atoms with E-state index in [9.17, 15) is 17.6 Å². The van der Waals surface area contributed by atoms with Crippen LogP contribution in [0.15, 0.2) is 52.2 Å². The minimum Gasteiger partial charge on any atom is -0.486 e. The van der Waals surface area contributed by atoms with E-state index in [1.54, 1.807) is 18.2 Å². The van der Waals surface area contributed by atoms with E-state index in [2.05, 4.69) is 4.98 Å². The molecule has 0 bridgehead atoms. The second kappa shape index (κ2) is 9.34. The van der Waals surface area contributed by atoms with Gasteiger partial charge in [0.1, 0.15) is 23.9 Å². The summed E-state index contributed by atoms with van der Waals surface area (Å²) in [6.07, 6.45) is -0.549. The predicted octanol–water partition coefficient (Wildman–Crippen LogP) is 2.04. The lowest BCUT2D eigenvalue weighted by Gasteiger charge is -2.29. The monoisotopic (exact) mass is 490 g/mol. The molecule has 0 saturated carbocycles. The SMILES string of the molecule is O=c1[nH]c2cc3c(cc2cc1CN(C[C@@H]1COCCO1)S(=O)(=O)c1ccccc1F)OCCO3. The fourth-order valence-corrected chi connectivity index (χ4v) is 5.52. The number of hydrogen-bond donors (Lipinski definition) is 1. The summed E-state index contributed by atoms with van der Waals surface area (Å²) in [5.74, 6) is 0.199. The number of rotatable bonds is 6. The Balaban J connectivity index is 1.53. The molecule has 0 unspecified atom stereocenters. The summed E-state index contributed by atoms with van der Waals surface area (Å²) in [5, 5.41) is 0.652. The number of fused-ring (bicyclic) bond motifs is 2. The van der Waals surface area contributed by atoms with Gasteiger partial charge >= 0.3 is 0 Å². The number of nitrogens with zero attached hydrogens (tertiary/aromatic N) is 1. The van der Waals surface area contributed by atoms with Crippen LogP contribution in [0, 0.1) is 5.82 Å². The standard InChI is InChI=1S/C23H23FN2O7S/c24-18-3-1-2-4-22(18)34(28,29)26(13-17-14-30-5-6-31-17)12-16-9-15-10-20-21(33-8-7-32-20)11-19(15)25-23(16)27/h1-4,9-11,17H,5-8,12-14H2,(H,25,27)/t17-/m1/s1. The molecule has 1 saturated heterocycles. The molecule has 0 aliphatic carbocycles. The number of hydrogen-bond acceptors (Lipinski definition) is 7. The summed E-state index contributed by atoms with van der Waals surface area (Å²) in [7, 11) is -4.29. The van der Waals surface area contributed by atoms with Crippen LogP contribution in [0.25, 0.3) is 10.9 Å². The molecule has 1 fully saturated rings. The molecule has 11 heteroatoms. The van der Waals surface area contributed by atoms with Crippen molar-refractivity contribution >= 4 is 20.9 Å². The van der Waals surface area contributed by atoms with Gasteiger partial charge in [0.25, 0.3) is 5.56 Å². The van der Waals surface area contributed by atoms with Gasteiger partial charge in [-0.2, -0.15) is 4.31 Å². The largest absolute Gasteiger partial charge is 0.486 e. The molecule has 9 nitrogen and oxygen atoms in total. The Hall–Kier alpha value is -2.99. The molecular weight excluding hydrogens is 467 g/mol. The Bertz CT molecular complexity index is 1370. The van der Waals surface area contributed by atoms with E-state index in [1.807, 2.05) is 0 Å². The number of sulfonamides is 1. The van der Waals surface area contributed by atoms with E-state index >= 15 is 0 Å².